The lowest BCUT2D eigenvalue weighted by atomic mass is 9.81. The molecule has 3 unspecified atom stereocenters. The Morgan fingerprint density at radius 1 is 1.62 bits per heavy atom. The van der Waals surface area contributed by atoms with Crippen molar-refractivity contribution in [2.24, 2.45) is 11.7 Å². The number of hydrogen-bond donors (Lipinski definition) is 2. The molecule has 1 aromatic rings. The zero-order chi connectivity index (χ0) is 8.84. The van der Waals surface area contributed by atoms with E-state index in [0.717, 1.165) is 18.9 Å². The normalized spacial score (nSPS) is 37.8. The van der Waals surface area contributed by atoms with Crippen molar-refractivity contribution in [3.8, 4) is 0 Å². The van der Waals surface area contributed by atoms with Crippen LogP contribution in [0.25, 0.3) is 0 Å². The lowest BCUT2D eigenvalue weighted by Crippen LogP contribution is -2.49. The standard InChI is InChI=1S/C7H12N6/c8-7-4-1-5(7)13(2-4)3-6-9-11-12-10-6/h4-5,7H,1-3,8H2,(H,9,10,11,12). The highest BCUT2D eigenvalue weighted by atomic mass is 15.5. The number of aromatic amines is 1. The van der Waals surface area contributed by atoms with Crippen molar-refractivity contribution in [1.82, 2.24) is 25.5 Å². The van der Waals surface area contributed by atoms with Crippen LogP contribution in [0.4, 0.5) is 0 Å². The van der Waals surface area contributed by atoms with E-state index in [-0.39, 0.29) is 0 Å². The van der Waals surface area contributed by atoms with Crippen molar-refractivity contribution in [2.45, 2.75) is 25.0 Å². The third kappa shape index (κ3) is 0.988. The quantitative estimate of drug-likeness (QED) is 0.593. The molecule has 6 nitrogen and oxygen atoms in total. The summed E-state index contributed by atoms with van der Waals surface area (Å²) in [5, 5.41) is 13.8. The number of fused-ring (bicyclic) bond motifs is 1. The molecule has 0 spiro atoms. The van der Waals surface area contributed by atoms with Crippen LogP contribution in [0, 0.1) is 5.92 Å². The van der Waals surface area contributed by atoms with Gasteiger partial charge in [-0.2, -0.15) is 5.21 Å². The Kier molecular flexibility index (Phi) is 1.42. The van der Waals surface area contributed by atoms with Gasteiger partial charge in [0, 0.05) is 18.6 Å². The minimum atomic E-state index is 0.381. The minimum absolute atomic E-state index is 0.381. The molecule has 3 N–H and O–H groups in total. The average molecular weight is 180 g/mol. The average Bonchev–Trinajstić information content (AvgIpc) is 2.78. The molecule has 3 atom stereocenters. The van der Waals surface area contributed by atoms with E-state index in [1.165, 1.54) is 6.42 Å². The van der Waals surface area contributed by atoms with Gasteiger partial charge in [0.1, 0.15) is 0 Å². The monoisotopic (exact) mass is 180 g/mol. The molecule has 0 amide bonds. The van der Waals surface area contributed by atoms with E-state index in [0.29, 0.717) is 18.0 Å². The summed E-state index contributed by atoms with van der Waals surface area (Å²) in [7, 11) is 0. The van der Waals surface area contributed by atoms with E-state index in [1.54, 1.807) is 0 Å². The van der Waals surface area contributed by atoms with Crippen LogP contribution < -0.4 is 5.73 Å². The summed E-state index contributed by atoms with van der Waals surface area (Å²) < 4.78 is 0. The van der Waals surface area contributed by atoms with E-state index in [4.69, 9.17) is 5.73 Å². The fourth-order valence-corrected chi connectivity index (χ4v) is 2.38. The molecule has 0 radical (unpaired) electrons. The molecule has 2 bridgehead atoms. The maximum atomic E-state index is 5.94. The van der Waals surface area contributed by atoms with Crippen molar-refractivity contribution < 1.29 is 0 Å². The Hall–Kier alpha value is -1.01. The van der Waals surface area contributed by atoms with Gasteiger partial charge in [0.25, 0.3) is 0 Å². The molecule has 1 aromatic heterocycles. The zero-order valence-electron chi connectivity index (χ0n) is 7.22. The van der Waals surface area contributed by atoms with Gasteiger partial charge in [-0.3, -0.25) is 4.90 Å². The third-order valence-electron chi connectivity index (χ3n) is 3.20. The fraction of sp³-hybridized carbons (Fsp3) is 0.857. The summed E-state index contributed by atoms with van der Waals surface area (Å²) in [6, 6.07) is 0.940. The topological polar surface area (TPSA) is 83.7 Å². The molecule has 70 valence electrons. The second-order valence-corrected chi connectivity index (χ2v) is 3.90. The number of H-pyrrole nitrogens is 1. The number of nitrogens with zero attached hydrogens (tertiary/aromatic N) is 4. The molecule has 2 aliphatic heterocycles. The number of hydrogen-bond acceptors (Lipinski definition) is 5. The number of nitrogens with one attached hydrogen (secondary N) is 1. The molecule has 1 saturated carbocycles. The van der Waals surface area contributed by atoms with Gasteiger partial charge < -0.3 is 5.73 Å². The first-order valence-electron chi connectivity index (χ1n) is 4.56. The largest absolute Gasteiger partial charge is 0.326 e. The van der Waals surface area contributed by atoms with Gasteiger partial charge in [-0.15, -0.1) is 10.2 Å². The van der Waals surface area contributed by atoms with Crippen molar-refractivity contribution >= 4 is 0 Å². The van der Waals surface area contributed by atoms with Crippen LogP contribution >= 0.6 is 0 Å². The Morgan fingerprint density at radius 3 is 3.08 bits per heavy atom. The Labute approximate surface area is 75.5 Å². The predicted octanol–water partition coefficient (Wildman–Crippen LogP) is -1.27. The lowest BCUT2D eigenvalue weighted by molar-refractivity contribution is 0.205. The van der Waals surface area contributed by atoms with Crippen LogP contribution in [-0.4, -0.2) is 44.2 Å². The predicted molar refractivity (Wildman–Crippen MR) is 44.5 cm³/mol. The molecule has 4 rings (SSSR count). The first kappa shape index (κ1) is 7.40. The van der Waals surface area contributed by atoms with Gasteiger partial charge in [0.05, 0.1) is 6.54 Å². The maximum absolute atomic E-state index is 5.94. The van der Waals surface area contributed by atoms with Crippen molar-refractivity contribution in [2.75, 3.05) is 6.54 Å². The second-order valence-electron chi connectivity index (χ2n) is 3.90. The van der Waals surface area contributed by atoms with Crippen LogP contribution in [0.5, 0.6) is 0 Å². The molecule has 3 heterocycles. The van der Waals surface area contributed by atoms with Crippen LogP contribution in [-0.2, 0) is 6.54 Å². The molecular weight excluding hydrogens is 168 g/mol. The summed E-state index contributed by atoms with van der Waals surface area (Å²) >= 11 is 0. The maximum Gasteiger partial charge on any atom is 0.188 e. The molecule has 3 aliphatic rings. The van der Waals surface area contributed by atoms with E-state index in [9.17, 15) is 0 Å². The molecular formula is C7H12N6. The molecule has 1 aliphatic carbocycles. The van der Waals surface area contributed by atoms with Gasteiger partial charge in [0.15, 0.2) is 5.82 Å². The molecule has 13 heavy (non-hydrogen) atoms. The number of aromatic nitrogens is 4. The summed E-state index contributed by atoms with van der Waals surface area (Å²) in [5.74, 6) is 1.47. The smallest absolute Gasteiger partial charge is 0.188 e. The van der Waals surface area contributed by atoms with Crippen LogP contribution in [0.2, 0.25) is 0 Å². The van der Waals surface area contributed by atoms with Crippen LogP contribution in [0.1, 0.15) is 12.2 Å². The highest BCUT2D eigenvalue weighted by molar-refractivity contribution is 5.07. The van der Waals surface area contributed by atoms with Gasteiger partial charge in [0.2, 0.25) is 0 Å². The van der Waals surface area contributed by atoms with Crippen LogP contribution in [0.15, 0.2) is 0 Å². The number of rotatable bonds is 2. The van der Waals surface area contributed by atoms with E-state index in [1.807, 2.05) is 0 Å². The Morgan fingerprint density at radius 2 is 2.54 bits per heavy atom. The summed E-state index contributed by atoms with van der Waals surface area (Å²) in [6.45, 7) is 1.88. The van der Waals surface area contributed by atoms with Gasteiger partial charge in [-0.05, 0) is 12.3 Å². The van der Waals surface area contributed by atoms with Gasteiger partial charge >= 0.3 is 0 Å². The van der Waals surface area contributed by atoms with E-state index < -0.39 is 0 Å². The summed E-state index contributed by atoms with van der Waals surface area (Å²) in [6.07, 6.45) is 1.25. The van der Waals surface area contributed by atoms with Crippen molar-refractivity contribution in [1.29, 1.82) is 0 Å². The molecule has 0 aromatic carbocycles. The molecule has 3 fully saturated rings. The van der Waals surface area contributed by atoms with Gasteiger partial charge in [-0.25, -0.2) is 0 Å². The summed E-state index contributed by atoms with van der Waals surface area (Å²) in [4.78, 5) is 2.35. The summed E-state index contributed by atoms with van der Waals surface area (Å²) in [5.41, 5.74) is 5.94. The van der Waals surface area contributed by atoms with Gasteiger partial charge in [-0.1, -0.05) is 5.21 Å². The Balaban J connectivity index is 1.69. The third-order valence-corrected chi connectivity index (χ3v) is 3.20. The molecule has 2 saturated heterocycles. The first-order chi connectivity index (χ1) is 6.34. The second kappa shape index (κ2) is 2.49. The number of nitrogens with two attached hydrogens (primary N) is 1. The SMILES string of the molecule is NC1C2CC1N(Cc1nn[nH]n1)C2. The Bertz CT molecular complexity index is 296. The highest BCUT2D eigenvalue weighted by Gasteiger charge is 2.49. The van der Waals surface area contributed by atoms with Crippen LogP contribution in [0.3, 0.4) is 0 Å². The zero-order valence-corrected chi connectivity index (χ0v) is 7.22. The number of tetrazole rings is 1. The van der Waals surface area contributed by atoms with E-state index in [2.05, 4.69) is 25.5 Å². The first-order valence-corrected chi connectivity index (χ1v) is 4.56. The highest BCUT2D eigenvalue weighted by Crippen LogP contribution is 2.39. The van der Waals surface area contributed by atoms with Crippen molar-refractivity contribution in [3.05, 3.63) is 5.82 Å². The van der Waals surface area contributed by atoms with Crippen molar-refractivity contribution in [3.63, 3.8) is 0 Å². The van der Waals surface area contributed by atoms with E-state index >= 15 is 0 Å². The molecule has 6 heteroatoms. The fourth-order valence-electron chi connectivity index (χ4n) is 2.38. The lowest BCUT2D eigenvalue weighted by Gasteiger charge is -2.33. The minimum Gasteiger partial charge on any atom is -0.326 e.